The molecule has 1 aromatic heterocycles. The van der Waals surface area contributed by atoms with Gasteiger partial charge in [-0.2, -0.15) is 0 Å². The maximum Gasteiger partial charge on any atom is 0.287 e. The Labute approximate surface area is 167 Å². The van der Waals surface area contributed by atoms with Crippen molar-refractivity contribution in [2.45, 2.75) is 64.5 Å². The monoisotopic (exact) mass is 390 g/mol. The summed E-state index contributed by atoms with van der Waals surface area (Å²) in [5, 5.41) is 9.87. The lowest BCUT2D eigenvalue weighted by atomic mass is 9.60. The maximum absolute atomic E-state index is 12.0. The highest BCUT2D eigenvalue weighted by Gasteiger charge is 2.56. The molecule has 1 aromatic rings. The van der Waals surface area contributed by atoms with Crippen LogP contribution in [0.4, 0.5) is 0 Å². The lowest BCUT2D eigenvalue weighted by Crippen LogP contribution is -2.65. The van der Waals surface area contributed by atoms with Gasteiger partial charge in [0.25, 0.3) is 5.91 Å². The van der Waals surface area contributed by atoms with Crippen molar-refractivity contribution in [1.82, 2.24) is 16.0 Å². The lowest BCUT2D eigenvalue weighted by Gasteiger charge is -2.54. The van der Waals surface area contributed by atoms with E-state index in [4.69, 9.17) is 9.15 Å². The number of aliphatic imine (C=N–C) groups is 1. The van der Waals surface area contributed by atoms with Crippen molar-refractivity contribution in [2.24, 2.45) is 10.4 Å². The minimum absolute atomic E-state index is 0.162. The number of carbonyl (C=O) groups is 1. The molecule has 156 valence electrons. The smallest absolute Gasteiger partial charge is 0.287 e. The predicted octanol–water partition coefficient (Wildman–Crippen LogP) is 2.61. The maximum atomic E-state index is 12.0. The van der Waals surface area contributed by atoms with Gasteiger partial charge < -0.3 is 25.1 Å². The van der Waals surface area contributed by atoms with E-state index in [-0.39, 0.29) is 11.3 Å². The molecule has 3 N–H and O–H groups in total. The van der Waals surface area contributed by atoms with E-state index in [1.165, 1.54) is 31.9 Å². The summed E-state index contributed by atoms with van der Waals surface area (Å²) in [6, 6.07) is 2.22. The minimum Gasteiger partial charge on any atom is -0.459 e. The second-order valence-electron chi connectivity index (χ2n) is 7.86. The molecule has 7 nitrogen and oxygen atoms in total. The minimum atomic E-state index is -0.162. The second-order valence-corrected chi connectivity index (χ2v) is 7.86. The van der Waals surface area contributed by atoms with Crippen molar-refractivity contribution in [1.29, 1.82) is 0 Å². The molecule has 1 spiro atoms. The first-order valence-electron chi connectivity index (χ1n) is 10.5. The van der Waals surface area contributed by atoms with Crippen LogP contribution in [0, 0.1) is 12.3 Å². The van der Waals surface area contributed by atoms with Crippen LogP contribution in [0.1, 0.15) is 61.6 Å². The number of nitrogens with one attached hydrogen (secondary N) is 3. The molecular weight excluding hydrogens is 356 g/mol. The molecule has 2 fully saturated rings. The van der Waals surface area contributed by atoms with Crippen LogP contribution in [-0.2, 0) is 4.74 Å². The molecule has 0 aliphatic heterocycles. The Kier molecular flexibility index (Phi) is 6.99. The van der Waals surface area contributed by atoms with Crippen LogP contribution in [0.2, 0.25) is 0 Å². The first-order chi connectivity index (χ1) is 13.6. The molecule has 2 atom stereocenters. The standard InChI is InChI=1S/C21H34N4O3/c1-4-27-17-14-16(21(17)9-5-6-10-21)25-20(22-3)24-12-7-11-23-19(26)18-15(2)8-13-28-18/h8,13,16-17H,4-7,9-12,14H2,1-3H3,(H,23,26)(H2,22,24,25). The van der Waals surface area contributed by atoms with Crippen LogP contribution in [0.15, 0.2) is 21.7 Å². The molecule has 3 rings (SSSR count). The Balaban J connectivity index is 1.38. The topological polar surface area (TPSA) is 87.9 Å². The zero-order chi connectivity index (χ0) is 20.0. The Morgan fingerprint density at radius 1 is 1.32 bits per heavy atom. The number of furan rings is 1. The number of aryl methyl sites for hydroxylation is 1. The fourth-order valence-corrected chi connectivity index (χ4v) is 4.63. The number of hydrogen-bond donors (Lipinski definition) is 3. The van der Waals surface area contributed by atoms with Crippen molar-refractivity contribution in [3.63, 3.8) is 0 Å². The third-order valence-corrected chi connectivity index (χ3v) is 6.22. The fraction of sp³-hybridized carbons (Fsp3) is 0.714. The molecular formula is C21H34N4O3. The van der Waals surface area contributed by atoms with Crippen LogP contribution in [0.3, 0.4) is 0 Å². The van der Waals surface area contributed by atoms with Crippen LogP contribution in [0.25, 0.3) is 0 Å². The van der Waals surface area contributed by atoms with Crippen molar-refractivity contribution in [2.75, 3.05) is 26.7 Å². The summed E-state index contributed by atoms with van der Waals surface area (Å²) in [6.07, 6.45) is 8.85. The van der Waals surface area contributed by atoms with Gasteiger partial charge in [0.1, 0.15) is 0 Å². The Hall–Kier alpha value is -2.02. The van der Waals surface area contributed by atoms with Gasteiger partial charge in [-0.3, -0.25) is 9.79 Å². The van der Waals surface area contributed by atoms with Crippen molar-refractivity contribution < 1.29 is 13.9 Å². The van der Waals surface area contributed by atoms with E-state index < -0.39 is 0 Å². The molecule has 1 heterocycles. The quantitative estimate of drug-likeness (QED) is 0.361. The second kappa shape index (κ2) is 9.45. The summed E-state index contributed by atoms with van der Waals surface area (Å²) in [4.78, 5) is 16.4. The van der Waals surface area contributed by atoms with Crippen molar-refractivity contribution in [3.8, 4) is 0 Å². The average Bonchev–Trinajstić information content (AvgIpc) is 3.36. The molecule has 0 bridgehead atoms. The van der Waals surface area contributed by atoms with E-state index in [2.05, 4.69) is 27.9 Å². The molecule has 0 radical (unpaired) electrons. The van der Waals surface area contributed by atoms with Gasteiger partial charge in [0.15, 0.2) is 11.7 Å². The van der Waals surface area contributed by atoms with E-state index in [0.29, 0.717) is 24.5 Å². The van der Waals surface area contributed by atoms with Crippen LogP contribution in [0.5, 0.6) is 0 Å². The molecule has 7 heteroatoms. The lowest BCUT2D eigenvalue weighted by molar-refractivity contribution is -0.125. The number of rotatable bonds is 8. The Bertz CT molecular complexity index is 679. The summed E-state index contributed by atoms with van der Waals surface area (Å²) in [7, 11) is 1.80. The van der Waals surface area contributed by atoms with Crippen molar-refractivity contribution >= 4 is 11.9 Å². The Morgan fingerprint density at radius 3 is 2.71 bits per heavy atom. The third kappa shape index (κ3) is 4.35. The van der Waals surface area contributed by atoms with E-state index in [1.807, 2.05) is 6.92 Å². The van der Waals surface area contributed by atoms with Crippen LogP contribution >= 0.6 is 0 Å². The first-order valence-corrected chi connectivity index (χ1v) is 10.5. The van der Waals surface area contributed by atoms with E-state index in [9.17, 15) is 4.79 Å². The summed E-state index contributed by atoms with van der Waals surface area (Å²) < 4.78 is 11.2. The highest BCUT2D eigenvalue weighted by Crippen LogP contribution is 2.54. The molecule has 0 aromatic carbocycles. The van der Waals surface area contributed by atoms with Gasteiger partial charge in [0.05, 0.1) is 12.4 Å². The van der Waals surface area contributed by atoms with Gasteiger partial charge in [-0.05, 0) is 45.6 Å². The molecule has 28 heavy (non-hydrogen) atoms. The summed E-state index contributed by atoms with van der Waals surface area (Å²) in [5.74, 6) is 1.06. The number of nitrogens with zero attached hydrogens (tertiary/aromatic N) is 1. The molecule has 0 saturated heterocycles. The normalized spacial score (nSPS) is 23.5. The zero-order valence-corrected chi connectivity index (χ0v) is 17.3. The zero-order valence-electron chi connectivity index (χ0n) is 17.3. The first kappa shape index (κ1) is 20.7. The SMILES string of the molecule is CCOC1CC(NC(=NC)NCCCNC(=O)c2occc2C)C12CCCC2. The summed E-state index contributed by atoms with van der Waals surface area (Å²) in [5.41, 5.74) is 1.13. The van der Waals surface area contributed by atoms with Crippen LogP contribution in [-0.4, -0.2) is 50.8 Å². The van der Waals surface area contributed by atoms with Gasteiger partial charge in [-0.1, -0.05) is 12.8 Å². The summed E-state index contributed by atoms with van der Waals surface area (Å²) >= 11 is 0. The molecule has 2 aliphatic carbocycles. The van der Waals surface area contributed by atoms with Crippen LogP contribution < -0.4 is 16.0 Å². The fourth-order valence-electron chi connectivity index (χ4n) is 4.63. The molecule has 2 saturated carbocycles. The van der Waals surface area contributed by atoms with E-state index in [1.54, 1.807) is 13.1 Å². The molecule has 2 aliphatic rings. The summed E-state index contributed by atoms with van der Waals surface area (Å²) in [6.45, 7) is 6.06. The number of hydrogen-bond acceptors (Lipinski definition) is 4. The van der Waals surface area contributed by atoms with Gasteiger partial charge in [-0.25, -0.2) is 0 Å². The average molecular weight is 391 g/mol. The highest BCUT2D eigenvalue weighted by molar-refractivity contribution is 5.92. The number of amides is 1. The number of ether oxygens (including phenoxy) is 1. The largest absolute Gasteiger partial charge is 0.459 e. The number of carbonyl (C=O) groups excluding carboxylic acids is 1. The highest BCUT2D eigenvalue weighted by atomic mass is 16.5. The number of guanidine groups is 1. The van der Waals surface area contributed by atoms with E-state index in [0.717, 1.165) is 37.5 Å². The molecule has 2 unspecified atom stereocenters. The van der Waals surface area contributed by atoms with E-state index >= 15 is 0 Å². The third-order valence-electron chi connectivity index (χ3n) is 6.22. The van der Waals surface area contributed by atoms with Gasteiger partial charge in [0.2, 0.25) is 0 Å². The predicted molar refractivity (Wildman–Crippen MR) is 110 cm³/mol. The van der Waals surface area contributed by atoms with Gasteiger partial charge >= 0.3 is 0 Å². The molecule has 1 amide bonds. The van der Waals surface area contributed by atoms with Gasteiger partial charge in [0, 0.05) is 43.8 Å². The Morgan fingerprint density at radius 2 is 2.07 bits per heavy atom. The van der Waals surface area contributed by atoms with Crippen molar-refractivity contribution in [3.05, 3.63) is 23.7 Å². The van der Waals surface area contributed by atoms with Gasteiger partial charge in [-0.15, -0.1) is 0 Å².